The van der Waals surface area contributed by atoms with Crippen molar-refractivity contribution in [2.24, 2.45) is 0 Å². The maximum absolute atomic E-state index is 13.3. The zero-order chi connectivity index (χ0) is 25.3. The summed E-state index contributed by atoms with van der Waals surface area (Å²) in [4.78, 5) is 18.9. The Labute approximate surface area is 206 Å². The van der Waals surface area contributed by atoms with E-state index < -0.39 is 23.1 Å². The molecule has 1 spiro atoms. The minimum absolute atomic E-state index is 0.0816. The number of hydrogen-bond acceptors (Lipinski definition) is 4. The van der Waals surface area contributed by atoms with Gasteiger partial charge >= 0.3 is 12.2 Å². The van der Waals surface area contributed by atoms with Crippen LogP contribution in [0.1, 0.15) is 48.6 Å². The molecule has 4 heterocycles. The van der Waals surface area contributed by atoms with Crippen LogP contribution in [0.25, 0.3) is 11.3 Å². The van der Waals surface area contributed by atoms with Gasteiger partial charge in [-0.05, 0) is 55.9 Å². The largest absolute Gasteiger partial charge is 0.419 e. The van der Waals surface area contributed by atoms with Crippen molar-refractivity contribution < 1.29 is 18.0 Å². The Balaban J connectivity index is 1.22. The minimum Gasteiger partial charge on any atom is -0.383 e. The molecule has 188 valence electrons. The number of benzene rings is 1. The number of alkyl halides is 3. The highest BCUT2D eigenvalue weighted by molar-refractivity contribution is 5.76. The SMILES string of the molecule is CC1(NC(=O)N2CCC3(CCn4nc(-c5cnc(N)c(C(F)(F)F)c5)cc43)C2)CCc2ccccc21. The first-order chi connectivity index (χ1) is 17.1. The molecular formula is C26H27F3N6O. The number of nitrogens with two attached hydrogens (primary N) is 1. The van der Waals surface area contributed by atoms with Crippen LogP contribution >= 0.6 is 0 Å². The molecule has 10 heteroatoms. The lowest BCUT2D eigenvalue weighted by atomic mass is 9.82. The number of aryl methyl sites for hydroxylation is 2. The van der Waals surface area contributed by atoms with E-state index in [1.165, 1.54) is 17.3 Å². The molecule has 0 bridgehead atoms. The first kappa shape index (κ1) is 22.9. The van der Waals surface area contributed by atoms with Crippen molar-refractivity contribution in [3.63, 3.8) is 0 Å². The summed E-state index contributed by atoms with van der Waals surface area (Å²) in [6, 6.07) is 11.0. The smallest absolute Gasteiger partial charge is 0.383 e. The standard InChI is InChI=1S/C26H27F3N6O/c1-24(7-6-16-4-2-3-5-18(16)24)32-23(36)34-10-8-25(15-34)9-11-35-21(25)13-20(33-35)17-12-19(26(27,28)29)22(30)31-14-17/h2-5,12-14H,6-11,15H2,1H3,(H2,30,31)(H,32,36). The first-order valence-electron chi connectivity index (χ1n) is 12.1. The molecule has 1 fully saturated rings. The van der Waals surface area contributed by atoms with E-state index in [4.69, 9.17) is 5.73 Å². The number of rotatable bonds is 2. The molecule has 1 aliphatic carbocycles. The van der Waals surface area contributed by atoms with Crippen LogP contribution in [0.3, 0.4) is 0 Å². The third-order valence-corrected chi connectivity index (χ3v) is 8.18. The van der Waals surface area contributed by atoms with E-state index in [-0.39, 0.29) is 17.0 Å². The Morgan fingerprint density at radius 1 is 1.14 bits per heavy atom. The predicted octanol–water partition coefficient (Wildman–Crippen LogP) is 4.46. The number of fused-ring (bicyclic) bond motifs is 3. The fourth-order valence-corrected chi connectivity index (χ4v) is 6.15. The summed E-state index contributed by atoms with van der Waals surface area (Å²) in [5.41, 5.74) is 7.94. The molecule has 3 aromatic rings. The number of anilines is 1. The molecule has 36 heavy (non-hydrogen) atoms. The first-order valence-corrected chi connectivity index (χ1v) is 12.1. The number of urea groups is 1. The lowest BCUT2D eigenvalue weighted by Gasteiger charge is -2.31. The van der Waals surface area contributed by atoms with Gasteiger partial charge in [-0.3, -0.25) is 4.68 Å². The van der Waals surface area contributed by atoms with Crippen LogP contribution in [-0.2, 0) is 30.1 Å². The van der Waals surface area contributed by atoms with E-state index in [1.54, 1.807) is 0 Å². The molecule has 2 aromatic heterocycles. The van der Waals surface area contributed by atoms with Gasteiger partial charge in [-0.15, -0.1) is 0 Å². The normalized spacial score (nSPS) is 24.8. The summed E-state index contributed by atoms with van der Waals surface area (Å²) < 4.78 is 41.8. The molecule has 2 amide bonds. The Bertz CT molecular complexity index is 1370. The molecule has 3 N–H and O–H groups in total. The average molecular weight is 497 g/mol. The molecule has 2 unspecified atom stereocenters. The molecule has 3 aliphatic rings. The van der Waals surface area contributed by atoms with E-state index in [9.17, 15) is 18.0 Å². The van der Waals surface area contributed by atoms with Gasteiger partial charge in [0, 0.05) is 42.5 Å². The topological polar surface area (TPSA) is 89.1 Å². The maximum Gasteiger partial charge on any atom is 0.419 e. The third kappa shape index (κ3) is 3.53. The van der Waals surface area contributed by atoms with Gasteiger partial charge in [-0.2, -0.15) is 18.3 Å². The second-order valence-electron chi connectivity index (χ2n) is 10.4. The summed E-state index contributed by atoms with van der Waals surface area (Å²) in [7, 11) is 0. The van der Waals surface area contributed by atoms with Crippen molar-refractivity contribution >= 4 is 11.8 Å². The van der Waals surface area contributed by atoms with Gasteiger partial charge in [0.1, 0.15) is 5.82 Å². The Kier molecular flexibility index (Phi) is 4.90. The molecule has 0 radical (unpaired) electrons. The van der Waals surface area contributed by atoms with Gasteiger partial charge < -0.3 is 16.0 Å². The van der Waals surface area contributed by atoms with Crippen LogP contribution in [0.15, 0.2) is 42.6 Å². The van der Waals surface area contributed by atoms with Crippen LogP contribution < -0.4 is 11.1 Å². The highest BCUT2D eigenvalue weighted by atomic mass is 19.4. The van der Waals surface area contributed by atoms with Crippen molar-refractivity contribution in [2.75, 3.05) is 18.8 Å². The number of hydrogen-bond donors (Lipinski definition) is 2. The van der Waals surface area contributed by atoms with Gasteiger partial charge in [0.15, 0.2) is 0 Å². The number of carbonyl (C=O) groups excluding carboxylic acids is 1. The fraction of sp³-hybridized carbons (Fsp3) is 0.423. The number of amides is 2. The predicted molar refractivity (Wildman–Crippen MR) is 128 cm³/mol. The van der Waals surface area contributed by atoms with Gasteiger partial charge in [0.2, 0.25) is 0 Å². The van der Waals surface area contributed by atoms with E-state index in [0.29, 0.717) is 25.3 Å². The van der Waals surface area contributed by atoms with Gasteiger partial charge in [0.25, 0.3) is 0 Å². The second-order valence-corrected chi connectivity index (χ2v) is 10.4. The van der Waals surface area contributed by atoms with E-state index >= 15 is 0 Å². The van der Waals surface area contributed by atoms with Crippen molar-refractivity contribution in [3.8, 4) is 11.3 Å². The minimum atomic E-state index is -4.59. The van der Waals surface area contributed by atoms with Crippen LogP contribution in [-0.4, -0.2) is 38.8 Å². The highest BCUT2D eigenvalue weighted by Crippen LogP contribution is 2.45. The molecule has 1 saturated heterocycles. The Morgan fingerprint density at radius 2 is 1.92 bits per heavy atom. The van der Waals surface area contributed by atoms with Gasteiger partial charge in [-0.1, -0.05) is 24.3 Å². The van der Waals surface area contributed by atoms with Gasteiger partial charge in [-0.25, -0.2) is 9.78 Å². The van der Waals surface area contributed by atoms with Crippen LogP contribution in [0.5, 0.6) is 0 Å². The van der Waals surface area contributed by atoms with Crippen molar-refractivity contribution in [2.45, 2.75) is 56.3 Å². The number of nitrogen functional groups attached to an aromatic ring is 1. The molecule has 2 aliphatic heterocycles. The van der Waals surface area contributed by atoms with E-state index in [1.807, 2.05) is 27.8 Å². The maximum atomic E-state index is 13.3. The van der Waals surface area contributed by atoms with Crippen LogP contribution in [0.4, 0.5) is 23.8 Å². The van der Waals surface area contributed by atoms with Crippen LogP contribution in [0.2, 0.25) is 0 Å². The molecule has 0 saturated carbocycles. The number of nitrogens with zero attached hydrogens (tertiary/aromatic N) is 4. The average Bonchev–Trinajstić information content (AvgIpc) is 3.59. The summed E-state index contributed by atoms with van der Waals surface area (Å²) >= 11 is 0. The van der Waals surface area contributed by atoms with E-state index in [0.717, 1.165) is 37.4 Å². The van der Waals surface area contributed by atoms with Crippen LogP contribution in [0, 0.1) is 0 Å². The lowest BCUT2D eigenvalue weighted by Crippen LogP contribution is -2.49. The summed E-state index contributed by atoms with van der Waals surface area (Å²) in [5.74, 6) is -0.550. The molecule has 7 nitrogen and oxygen atoms in total. The Hall–Kier alpha value is -3.56. The number of pyridine rings is 1. The molecule has 1 aromatic carbocycles. The van der Waals surface area contributed by atoms with Crippen molar-refractivity contribution in [1.29, 1.82) is 0 Å². The molecular weight excluding hydrogens is 469 g/mol. The lowest BCUT2D eigenvalue weighted by molar-refractivity contribution is -0.137. The quantitative estimate of drug-likeness (QED) is 0.548. The number of halogens is 3. The Morgan fingerprint density at radius 3 is 2.72 bits per heavy atom. The second kappa shape index (κ2) is 7.72. The monoisotopic (exact) mass is 496 g/mol. The number of nitrogens with one attached hydrogen (secondary N) is 1. The third-order valence-electron chi connectivity index (χ3n) is 8.18. The molecule has 2 atom stereocenters. The summed E-state index contributed by atoms with van der Waals surface area (Å²) in [5, 5.41) is 7.85. The summed E-state index contributed by atoms with van der Waals surface area (Å²) in [6.45, 7) is 3.90. The summed E-state index contributed by atoms with van der Waals surface area (Å²) in [6.07, 6.45) is 0.161. The number of aromatic nitrogens is 3. The number of likely N-dealkylation sites (tertiary alicyclic amines) is 1. The van der Waals surface area contributed by atoms with Crippen molar-refractivity contribution in [1.82, 2.24) is 25.0 Å². The highest BCUT2D eigenvalue weighted by Gasteiger charge is 2.48. The fourth-order valence-electron chi connectivity index (χ4n) is 6.15. The zero-order valence-electron chi connectivity index (χ0n) is 19.9. The van der Waals surface area contributed by atoms with Gasteiger partial charge in [0.05, 0.1) is 16.8 Å². The number of carbonyl (C=O) groups is 1. The molecule has 6 rings (SSSR count). The zero-order valence-corrected chi connectivity index (χ0v) is 19.9. The van der Waals surface area contributed by atoms with E-state index in [2.05, 4.69) is 34.5 Å². The van der Waals surface area contributed by atoms with Crippen molar-refractivity contribution in [3.05, 3.63) is 65.0 Å².